The first-order valence-electron chi connectivity index (χ1n) is 7.46. The summed E-state index contributed by atoms with van der Waals surface area (Å²) < 4.78 is 10.9. The number of allylic oxidation sites excluding steroid dienone is 3. The van der Waals surface area contributed by atoms with Crippen molar-refractivity contribution < 1.29 is 9.47 Å². The van der Waals surface area contributed by atoms with Crippen LogP contribution in [0.1, 0.15) is 24.0 Å². The van der Waals surface area contributed by atoms with Crippen LogP contribution in [0.5, 0.6) is 5.75 Å². The molecule has 0 amide bonds. The van der Waals surface area contributed by atoms with Crippen molar-refractivity contribution in [2.24, 2.45) is 0 Å². The predicted molar refractivity (Wildman–Crippen MR) is 91.1 cm³/mol. The number of benzene rings is 1. The molecule has 0 aromatic heterocycles. The number of hydrogen-bond donors (Lipinski definition) is 0. The molecule has 0 N–H and O–H groups in total. The zero-order valence-corrected chi connectivity index (χ0v) is 13.7. The van der Waals surface area contributed by atoms with E-state index in [9.17, 15) is 0 Å². The summed E-state index contributed by atoms with van der Waals surface area (Å²) >= 11 is 1.99. The second-order valence-electron chi connectivity index (χ2n) is 5.13. The molecule has 1 aliphatic carbocycles. The van der Waals surface area contributed by atoms with Crippen LogP contribution in [0.2, 0.25) is 0 Å². The molecule has 3 heteroatoms. The van der Waals surface area contributed by atoms with E-state index in [1.54, 1.807) is 7.11 Å². The van der Waals surface area contributed by atoms with Gasteiger partial charge in [-0.25, -0.2) is 0 Å². The minimum absolute atomic E-state index is 0.598. The number of methoxy groups -OCH3 is 1. The van der Waals surface area contributed by atoms with E-state index in [4.69, 9.17) is 9.47 Å². The quantitative estimate of drug-likeness (QED) is 0.657. The summed E-state index contributed by atoms with van der Waals surface area (Å²) in [6.45, 7) is 3.61. The highest BCUT2D eigenvalue weighted by Crippen LogP contribution is 2.28. The van der Waals surface area contributed by atoms with Crippen LogP contribution in [0.25, 0.3) is 0 Å². The molecule has 1 aromatic rings. The lowest BCUT2D eigenvalue weighted by Gasteiger charge is -2.15. The summed E-state index contributed by atoms with van der Waals surface area (Å²) in [5.74, 6) is 2.03. The smallest absolute Gasteiger partial charge is 0.122 e. The molecule has 0 heterocycles. The van der Waals surface area contributed by atoms with E-state index in [-0.39, 0.29) is 0 Å². The molecule has 1 atom stereocenters. The highest BCUT2D eigenvalue weighted by molar-refractivity contribution is 7.99. The van der Waals surface area contributed by atoms with E-state index < -0.39 is 0 Å². The maximum absolute atomic E-state index is 5.86. The van der Waals surface area contributed by atoms with Crippen molar-refractivity contribution in [2.45, 2.75) is 30.8 Å². The van der Waals surface area contributed by atoms with Crippen LogP contribution in [-0.4, -0.2) is 25.6 Å². The molecule has 2 rings (SSSR count). The molecular weight excluding hydrogens is 280 g/mol. The highest BCUT2D eigenvalue weighted by atomic mass is 32.2. The van der Waals surface area contributed by atoms with Gasteiger partial charge in [0.05, 0.1) is 6.61 Å². The van der Waals surface area contributed by atoms with E-state index in [2.05, 4.69) is 49.4 Å². The Morgan fingerprint density at radius 1 is 1.24 bits per heavy atom. The second-order valence-corrected chi connectivity index (χ2v) is 6.36. The zero-order valence-electron chi connectivity index (χ0n) is 12.9. The van der Waals surface area contributed by atoms with Crippen LogP contribution in [0.15, 0.2) is 42.5 Å². The molecule has 0 aliphatic heterocycles. The van der Waals surface area contributed by atoms with Crippen molar-refractivity contribution in [1.29, 1.82) is 0 Å². The average Bonchev–Trinajstić information content (AvgIpc) is 2.53. The number of thioether (sulfide) groups is 1. The third kappa shape index (κ3) is 5.25. The highest BCUT2D eigenvalue weighted by Gasteiger charge is 2.09. The van der Waals surface area contributed by atoms with E-state index >= 15 is 0 Å². The van der Waals surface area contributed by atoms with Gasteiger partial charge in [0.25, 0.3) is 0 Å². The second kappa shape index (κ2) is 8.96. The van der Waals surface area contributed by atoms with Crippen LogP contribution in [0.4, 0.5) is 0 Å². The van der Waals surface area contributed by atoms with Crippen molar-refractivity contribution in [1.82, 2.24) is 0 Å². The third-order valence-corrected chi connectivity index (χ3v) is 4.80. The fourth-order valence-electron chi connectivity index (χ4n) is 2.24. The van der Waals surface area contributed by atoms with Crippen LogP contribution in [-0.2, 0) is 10.5 Å². The molecule has 21 heavy (non-hydrogen) atoms. The van der Waals surface area contributed by atoms with Crippen LogP contribution >= 0.6 is 11.8 Å². The Hall–Kier alpha value is -1.19. The summed E-state index contributed by atoms with van der Waals surface area (Å²) in [5.41, 5.74) is 2.63. The first-order chi connectivity index (χ1) is 10.3. The van der Waals surface area contributed by atoms with Crippen molar-refractivity contribution in [2.75, 3.05) is 20.3 Å². The maximum Gasteiger partial charge on any atom is 0.122 e. The van der Waals surface area contributed by atoms with Gasteiger partial charge in [-0.05, 0) is 30.5 Å². The Balaban J connectivity index is 1.87. The molecule has 0 saturated carbocycles. The molecule has 0 saturated heterocycles. The fourth-order valence-corrected chi connectivity index (χ4v) is 3.39. The Morgan fingerprint density at radius 2 is 2.14 bits per heavy atom. The Labute approximate surface area is 132 Å². The maximum atomic E-state index is 5.86. The fraction of sp³-hybridized carbons (Fsp3) is 0.444. The minimum Gasteiger partial charge on any atom is -0.493 e. The van der Waals surface area contributed by atoms with Gasteiger partial charge in [-0.15, -0.1) is 11.8 Å². The predicted octanol–water partition coefficient (Wildman–Crippen LogP) is 4.53. The van der Waals surface area contributed by atoms with Gasteiger partial charge in [0.1, 0.15) is 5.75 Å². The monoisotopic (exact) mass is 304 g/mol. The summed E-state index contributed by atoms with van der Waals surface area (Å²) in [6.07, 6.45) is 10.8. The van der Waals surface area contributed by atoms with Gasteiger partial charge >= 0.3 is 0 Å². The molecule has 1 aliphatic rings. The Kier molecular flexibility index (Phi) is 6.90. The molecule has 114 valence electrons. The molecule has 1 unspecified atom stereocenters. The number of ether oxygens (including phenoxy) is 2. The Bertz CT molecular complexity index is 494. The molecule has 0 radical (unpaired) electrons. The van der Waals surface area contributed by atoms with Crippen molar-refractivity contribution in [3.63, 3.8) is 0 Å². The SMILES string of the molecule is COCCCOc1cccc(CSC2C=CC=CC2)c1C. The zero-order chi connectivity index (χ0) is 14.9. The van der Waals surface area contributed by atoms with Crippen molar-refractivity contribution >= 4 is 11.8 Å². The van der Waals surface area contributed by atoms with Crippen molar-refractivity contribution in [3.05, 3.63) is 53.6 Å². The van der Waals surface area contributed by atoms with Gasteiger partial charge in [-0.2, -0.15) is 0 Å². The first-order valence-corrected chi connectivity index (χ1v) is 8.51. The van der Waals surface area contributed by atoms with E-state index in [1.165, 1.54) is 11.1 Å². The molecule has 0 spiro atoms. The van der Waals surface area contributed by atoms with Crippen LogP contribution in [0, 0.1) is 6.92 Å². The molecular formula is C18H24O2S. The van der Waals surface area contributed by atoms with E-state index in [0.717, 1.165) is 31.0 Å². The average molecular weight is 304 g/mol. The normalized spacial score (nSPS) is 17.1. The lowest BCUT2D eigenvalue weighted by Crippen LogP contribution is -2.04. The largest absolute Gasteiger partial charge is 0.493 e. The summed E-state index contributed by atoms with van der Waals surface area (Å²) in [5, 5.41) is 0.598. The van der Waals surface area contributed by atoms with Gasteiger partial charge in [0.15, 0.2) is 0 Å². The number of rotatable bonds is 8. The van der Waals surface area contributed by atoms with Crippen LogP contribution < -0.4 is 4.74 Å². The van der Waals surface area contributed by atoms with E-state index in [1.807, 2.05) is 11.8 Å². The molecule has 2 nitrogen and oxygen atoms in total. The van der Waals surface area contributed by atoms with Crippen molar-refractivity contribution in [3.8, 4) is 5.75 Å². The minimum atomic E-state index is 0.598. The van der Waals surface area contributed by atoms with Gasteiger partial charge in [-0.3, -0.25) is 0 Å². The van der Waals surface area contributed by atoms with Gasteiger partial charge in [0.2, 0.25) is 0 Å². The van der Waals surface area contributed by atoms with Gasteiger partial charge in [0, 0.05) is 31.1 Å². The molecule has 0 fully saturated rings. The first kappa shape index (κ1) is 16.2. The summed E-state index contributed by atoms with van der Waals surface area (Å²) in [6, 6.07) is 6.34. The molecule has 1 aromatic carbocycles. The lowest BCUT2D eigenvalue weighted by atomic mass is 10.1. The van der Waals surface area contributed by atoms with E-state index in [0.29, 0.717) is 11.9 Å². The summed E-state index contributed by atoms with van der Waals surface area (Å²) in [7, 11) is 1.72. The van der Waals surface area contributed by atoms with Gasteiger partial charge < -0.3 is 9.47 Å². The molecule has 0 bridgehead atoms. The standard InChI is InChI=1S/C18H24O2S/c1-15-16(14-21-17-9-4-3-5-10-17)8-6-11-18(15)20-13-7-12-19-2/h3-6,8-9,11,17H,7,10,12-14H2,1-2H3. The van der Waals surface area contributed by atoms with Crippen LogP contribution in [0.3, 0.4) is 0 Å². The number of hydrogen-bond acceptors (Lipinski definition) is 3. The summed E-state index contributed by atoms with van der Waals surface area (Å²) in [4.78, 5) is 0. The topological polar surface area (TPSA) is 18.5 Å². The third-order valence-electron chi connectivity index (χ3n) is 3.54. The van der Waals surface area contributed by atoms with Gasteiger partial charge in [-0.1, -0.05) is 36.4 Å². The lowest BCUT2D eigenvalue weighted by molar-refractivity contribution is 0.172. The Morgan fingerprint density at radius 3 is 2.90 bits per heavy atom.